The topological polar surface area (TPSA) is 9.23 Å². The van der Waals surface area contributed by atoms with Gasteiger partial charge in [0.2, 0.25) is 0 Å². The molecule has 82 valence electrons. The van der Waals surface area contributed by atoms with Crippen LogP contribution in [0, 0.1) is 13.8 Å². The molecule has 0 N–H and O–H groups in total. The van der Waals surface area contributed by atoms with E-state index in [0.717, 1.165) is 18.6 Å². The molecule has 1 heteroatoms. The molecule has 1 aromatic carbocycles. The monoisotopic (exact) mass is 204 g/mol. The standard InChI is InChI=1S/C14H20O/c1-5-6-7-8-14-11(2)9-13(15-4)10-12(14)3/h5-6,9-10H,7-8H2,1-4H3/b6-5-. The summed E-state index contributed by atoms with van der Waals surface area (Å²) < 4.78 is 5.24. The van der Waals surface area contributed by atoms with Crippen LogP contribution in [-0.4, -0.2) is 7.11 Å². The second kappa shape index (κ2) is 5.59. The van der Waals surface area contributed by atoms with Crippen LogP contribution < -0.4 is 4.74 Å². The van der Waals surface area contributed by atoms with Gasteiger partial charge < -0.3 is 4.74 Å². The number of ether oxygens (including phenoxy) is 1. The molecule has 0 radical (unpaired) electrons. The van der Waals surface area contributed by atoms with Crippen molar-refractivity contribution in [3.8, 4) is 5.75 Å². The van der Waals surface area contributed by atoms with Gasteiger partial charge in [0.1, 0.15) is 5.75 Å². The summed E-state index contributed by atoms with van der Waals surface area (Å²) >= 11 is 0. The second-order valence-electron chi connectivity index (χ2n) is 3.85. The molecular weight excluding hydrogens is 184 g/mol. The van der Waals surface area contributed by atoms with E-state index in [0.29, 0.717) is 0 Å². The van der Waals surface area contributed by atoms with Crippen LogP contribution in [0.4, 0.5) is 0 Å². The highest BCUT2D eigenvalue weighted by Gasteiger charge is 2.04. The fraction of sp³-hybridized carbons (Fsp3) is 0.429. The second-order valence-corrected chi connectivity index (χ2v) is 3.85. The van der Waals surface area contributed by atoms with Gasteiger partial charge in [-0.05, 0) is 62.4 Å². The Hall–Kier alpha value is -1.24. The molecule has 0 aliphatic rings. The molecule has 0 aliphatic carbocycles. The van der Waals surface area contributed by atoms with Crippen LogP contribution in [-0.2, 0) is 6.42 Å². The highest BCUT2D eigenvalue weighted by molar-refractivity contribution is 5.41. The predicted octanol–water partition coefficient (Wildman–Crippen LogP) is 3.82. The Bertz CT molecular complexity index is 327. The van der Waals surface area contributed by atoms with Crippen molar-refractivity contribution in [2.45, 2.75) is 33.6 Å². The minimum absolute atomic E-state index is 0.958. The third-order valence-corrected chi connectivity index (χ3v) is 2.70. The lowest BCUT2D eigenvalue weighted by Crippen LogP contribution is -1.95. The highest BCUT2D eigenvalue weighted by atomic mass is 16.5. The van der Waals surface area contributed by atoms with E-state index >= 15 is 0 Å². The van der Waals surface area contributed by atoms with Crippen molar-refractivity contribution < 1.29 is 4.74 Å². The van der Waals surface area contributed by atoms with Gasteiger partial charge in [-0.15, -0.1) is 0 Å². The molecule has 15 heavy (non-hydrogen) atoms. The van der Waals surface area contributed by atoms with Crippen LogP contribution in [0.15, 0.2) is 24.3 Å². The first-order chi connectivity index (χ1) is 7.19. The summed E-state index contributed by atoms with van der Waals surface area (Å²) in [4.78, 5) is 0. The molecule has 0 aromatic heterocycles. The van der Waals surface area contributed by atoms with Crippen LogP contribution in [0.5, 0.6) is 5.75 Å². The van der Waals surface area contributed by atoms with Gasteiger partial charge in [-0.1, -0.05) is 12.2 Å². The van der Waals surface area contributed by atoms with Gasteiger partial charge in [0.25, 0.3) is 0 Å². The average Bonchev–Trinajstić information content (AvgIpc) is 2.22. The number of rotatable bonds is 4. The van der Waals surface area contributed by atoms with Crippen molar-refractivity contribution >= 4 is 0 Å². The van der Waals surface area contributed by atoms with E-state index < -0.39 is 0 Å². The van der Waals surface area contributed by atoms with Crippen molar-refractivity contribution in [2.24, 2.45) is 0 Å². The number of benzene rings is 1. The van der Waals surface area contributed by atoms with Crippen LogP contribution in [0.2, 0.25) is 0 Å². The molecule has 0 bridgehead atoms. The van der Waals surface area contributed by atoms with E-state index in [1.54, 1.807) is 7.11 Å². The maximum Gasteiger partial charge on any atom is 0.119 e. The van der Waals surface area contributed by atoms with Gasteiger partial charge in [-0.3, -0.25) is 0 Å². The number of allylic oxidation sites excluding steroid dienone is 2. The SMILES string of the molecule is C/C=C\CCc1c(C)cc(OC)cc1C. The Morgan fingerprint density at radius 1 is 1.20 bits per heavy atom. The summed E-state index contributed by atoms with van der Waals surface area (Å²) in [5.41, 5.74) is 4.11. The summed E-state index contributed by atoms with van der Waals surface area (Å²) in [6.07, 6.45) is 6.55. The largest absolute Gasteiger partial charge is 0.497 e. The lowest BCUT2D eigenvalue weighted by molar-refractivity contribution is 0.414. The zero-order valence-corrected chi connectivity index (χ0v) is 10.1. The molecule has 0 saturated heterocycles. The molecular formula is C14H20O. The van der Waals surface area contributed by atoms with E-state index in [2.05, 4.69) is 45.1 Å². The average molecular weight is 204 g/mol. The number of methoxy groups -OCH3 is 1. The van der Waals surface area contributed by atoms with Gasteiger partial charge in [-0.2, -0.15) is 0 Å². The molecule has 0 atom stereocenters. The van der Waals surface area contributed by atoms with Crippen LogP contribution >= 0.6 is 0 Å². The zero-order valence-electron chi connectivity index (χ0n) is 10.1. The number of aryl methyl sites for hydroxylation is 2. The summed E-state index contributed by atoms with van der Waals surface area (Å²) in [7, 11) is 1.72. The van der Waals surface area contributed by atoms with Gasteiger partial charge >= 0.3 is 0 Å². The molecule has 0 spiro atoms. The number of hydrogen-bond acceptors (Lipinski definition) is 1. The third-order valence-electron chi connectivity index (χ3n) is 2.70. The summed E-state index contributed by atoms with van der Waals surface area (Å²) in [5, 5.41) is 0. The Kier molecular flexibility index (Phi) is 4.41. The summed E-state index contributed by atoms with van der Waals surface area (Å²) in [5.74, 6) is 0.958. The van der Waals surface area contributed by atoms with Crippen LogP contribution in [0.25, 0.3) is 0 Å². The predicted molar refractivity (Wildman–Crippen MR) is 65.6 cm³/mol. The van der Waals surface area contributed by atoms with Crippen molar-refractivity contribution in [1.29, 1.82) is 0 Å². The van der Waals surface area contributed by atoms with E-state index in [4.69, 9.17) is 4.74 Å². The first kappa shape index (κ1) is 11.8. The normalized spacial score (nSPS) is 10.9. The molecule has 1 nitrogen and oxygen atoms in total. The lowest BCUT2D eigenvalue weighted by Gasteiger charge is -2.11. The zero-order chi connectivity index (χ0) is 11.3. The molecule has 0 aliphatic heterocycles. The van der Waals surface area contributed by atoms with E-state index in [1.807, 2.05) is 0 Å². The Balaban J connectivity index is 2.88. The highest BCUT2D eigenvalue weighted by Crippen LogP contribution is 2.22. The van der Waals surface area contributed by atoms with Gasteiger partial charge in [-0.25, -0.2) is 0 Å². The van der Waals surface area contributed by atoms with E-state index in [-0.39, 0.29) is 0 Å². The fourth-order valence-electron chi connectivity index (χ4n) is 1.86. The Morgan fingerprint density at radius 2 is 1.80 bits per heavy atom. The molecule has 0 unspecified atom stereocenters. The quantitative estimate of drug-likeness (QED) is 0.677. The third kappa shape index (κ3) is 3.12. The van der Waals surface area contributed by atoms with Gasteiger partial charge in [0, 0.05) is 0 Å². The van der Waals surface area contributed by atoms with Crippen LogP contribution in [0.3, 0.4) is 0 Å². The summed E-state index contributed by atoms with van der Waals surface area (Å²) in [6, 6.07) is 4.22. The minimum Gasteiger partial charge on any atom is -0.497 e. The first-order valence-corrected chi connectivity index (χ1v) is 5.44. The lowest BCUT2D eigenvalue weighted by atomic mass is 9.98. The van der Waals surface area contributed by atoms with Crippen LogP contribution in [0.1, 0.15) is 30.0 Å². The van der Waals surface area contributed by atoms with E-state index in [1.165, 1.54) is 16.7 Å². The molecule has 0 amide bonds. The maximum atomic E-state index is 5.24. The summed E-state index contributed by atoms with van der Waals surface area (Å²) in [6.45, 7) is 6.37. The van der Waals surface area contributed by atoms with Gasteiger partial charge in [0.05, 0.1) is 7.11 Å². The maximum absolute atomic E-state index is 5.24. The fourth-order valence-corrected chi connectivity index (χ4v) is 1.86. The van der Waals surface area contributed by atoms with Crippen molar-refractivity contribution in [3.63, 3.8) is 0 Å². The van der Waals surface area contributed by atoms with Crippen molar-refractivity contribution in [2.75, 3.05) is 7.11 Å². The van der Waals surface area contributed by atoms with Crippen molar-refractivity contribution in [3.05, 3.63) is 41.0 Å². The number of hydrogen-bond donors (Lipinski definition) is 0. The Labute approximate surface area is 92.8 Å². The molecule has 0 heterocycles. The van der Waals surface area contributed by atoms with Crippen molar-refractivity contribution in [1.82, 2.24) is 0 Å². The van der Waals surface area contributed by atoms with E-state index in [9.17, 15) is 0 Å². The van der Waals surface area contributed by atoms with Gasteiger partial charge in [0.15, 0.2) is 0 Å². The molecule has 0 saturated carbocycles. The molecule has 1 rings (SSSR count). The Morgan fingerprint density at radius 3 is 2.27 bits per heavy atom. The first-order valence-electron chi connectivity index (χ1n) is 5.44. The molecule has 0 fully saturated rings. The smallest absolute Gasteiger partial charge is 0.119 e. The molecule has 1 aromatic rings. The minimum atomic E-state index is 0.958.